The third-order valence-electron chi connectivity index (χ3n) is 4.84. The fraction of sp³-hybridized carbons (Fsp3) is 0.412. The lowest BCUT2D eigenvalue weighted by molar-refractivity contribution is -0.151. The number of rotatable bonds is 3. The van der Waals surface area contributed by atoms with Crippen LogP contribution in [0.3, 0.4) is 0 Å². The molecule has 1 saturated carbocycles. The molecule has 2 aromatic rings. The van der Waals surface area contributed by atoms with Gasteiger partial charge in [0.05, 0.1) is 11.1 Å². The molecule has 1 aromatic carbocycles. The van der Waals surface area contributed by atoms with Crippen LogP contribution in [-0.2, 0) is 4.79 Å². The van der Waals surface area contributed by atoms with Gasteiger partial charge in [-0.15, -0.1) is 0 Å². The molecular formula is C17H20N2O3. The van der Waals surface area contributed by atoms with Gasteiger partial charge in [0, 0.05) is 18.6 Å². The van der Waals surface area contributed by atoms with E-state index >= 15 is 0 Å². The second-order valence-corrected chi connectivity index (χ2v) is 6.01. The van der Waals surface area contributed by atoms with Gasteiger partial charge < -0.3 is 15.0 Å². The Morgan fingerprint density at radius 3 is 2.59 bits per heavy atom. The van der Waals surface area contributed by atoms with Crippen molar-refractivity contribution in [3.8, 4) is 0 Å². The minimum absolute atomic E-state index is 0.239. The molecule has 0 bridgehead atoms. The van der Waals surface area contributed by atoms with Crippen molar-refractivity contribution in [2.45, 2.75) is 37.6 Å². The van der Waals surface area contributed by atoms with Crippen LogP contribution in [0.5, 0.6) is 0 Å². The summed E-state index contributed by atoms with van der Waals surface area (Å²) in [5.41, 5.74) is 0.205. The summed E-state index contributed by atoms with van der Waals surface area (Å²) in [5.74, 6) is -1.14. The number of carbonyl (C=O) groups excluding carboxylic acids is 1. The van der Waals surface area contributed by atoms with E-state index in [1.165, 1.54) is 4.90 Å². The standard InChI is InChI=1S/C17H20N2O3/c1-19(17(16(21)22)9-3-2-4-10-17)15(20)13-7-5-6-12-8-11-18-14(12)13/h5-8,11,18H,2-4,9-10H2,1H3,(H,21,22). The number of hydrogen-bond donors (Lipinski definition) is 2. The molecule has 1 aromatic heterocycles. The highest BCUT2D eigenvalue weighted by atomic mass is 16.4. The van der Waals surface area contributed by atoms with E-state index in [0.29, 0.717) is 18.4 Å². The molecule has 0 atom stereocenters. The normalized spacial score (nSPS) is 17.3. The number of nitrogens with one attached hydrogen (secondary N) is 1. The molecule has 5 heteroatoms. The van der Waals surface area contributed by atoms with E-state index in [4.69, 9.17) is 0 Å². The number of nitrogens with zero attached hydrogens (tertiary/aromatic N) is 1. The number of H-pyrrole nitrogens is 1. The highest BCUT2D eigenvalue weighted by molar-refractivity contribution is 6.07. The fourth-order valence-electron chi connectivity index (χ4n) is 3.47. The van der Waals surface area contributed by atoms with Crippen molar-refractivity contribution in [2.75, 3.05) is 7.05 Å². The Balaban J connectivity index is 2.00. The van der Waals surface area contributed by atoms with Gasteiger partial charge in [-0.3, -0.25) is 4.79 Å². The number of aliphatic carboxylic acids is 1. The molecule has 1 heterocycles. The molecule has 1 amide bonds. The summed E-state index contributed by atoms with van der Waals surface area (Å²) in [6.45, 7) is 0. The Bertz CT molecular complexity index is 714. The molecule has 1 aliphatic rings. The average molecular weight is 300 g/mol. The van der Waals surface area contributed by atoms with Crippen LogP contribution >= 0.6 is 0 Å². The van der Waals surface area contributed by atoms with Crippen LogP contribution in [0, 0.1) is 0 Å². The number of aromatic amines is 1. The summed E-state index contributed by atoms with van der Waals surface area (Å²) in [4.78, 5) is 29.3. The van der Waals surface area contributed by atoms with Gasteiger partial charge in [0.25, 0.3) is 5.91 Å². The van der Waals surface area contributed by atoms with E-state index in [0.717, 1.165) is 30.2 Å². The van der Waals surface area contributed by atoms with Gasteiger partial charge >= 0.3 is 5.97 Å². The number of likely N-dealkylation sites (N-methyl/N-ethyl adjacent to an activating group) is 1. The Labute approximate surface area is 128 Å². The quantitative estimate of drug-likeness (QED) is 0.915. The topological polar surface area (TPSA) is 73.4 Å². The van der Waals surface area contributed by atoms with Gasteiger partial charge in [0.1, 0.15) is 5.54 Å². The lowest BCUT2D eigenvalue weighted by Gasteiger charge is -2.41. The van der Waals surface area contributed by atoms with Crippen LogP contribution < -0.4 is 0 Å². The molecule has 116 valence electrons. The van der Waals surface area contributed by atoms with E-state index in [9.17, 15) is 14.7 Å². The number of amides is 1. The molecule has 0 unspecified atom stereocenters. The number of carbonyl (C=O) groups is 2. The number of fused-ring (bicyclic) bond motifs is 1. The zero-order chi connectivity index (χ0) is 15.7. The molecule has 5 nitrogen and oxygen atoms in total. The molecule has 1 fully saturated rings. The number of carboxylic acid groups (broad SMARTS) is 1. The summed E-state index contributed by atoms with van der Waals surface area (Å²) in [6, 6.07) is 7.40. The van der Waals surface area contributed by atoms with Crippen LogP contribution in [0.4, 0.5) is 0 Å². The summed E-state index contributed by atoms with van der Waals surface area (Å²) >= 11 is 0. The van der Waals surface area contributed by atoms with E-state index in [-0.39, 0.29) is 5.91 Å². The van der Waals surface area contributed by atoms with Gasteiger partial charge in [0.2, 0.25) is 0 Å². The molecule has 0 spiro atoms. The first-order valence-corrected chi connectivity index (χ1v) is 7.64. The lowest BCUT2D eigenvalue weighted by Crippen LogP contribution is -2.56. The number of para-hydroxylation sites is 1. The van der Waals surface area contributed by atoms with Crippen molar-refractivity contribution >= 4 is 22.8 Å². The maximum Gasteiger partial charge on any atom is 0.329 e. The summed E-state index contributed by atoms with van der Waals surface area (Å²) < 4.78 is 0. The monoisotopic (exact) mass is 300 g/mol. The summed E-state index contributed by atoms with van der Waals surface area (Å²) in [5, 5.41) is 10.7. The van der Waals surface area contributed by atoms with Crippen LogP contribution in [-0.4, -0.2) is 39.5 Å². The van der Waals surface area contributed by atoms with Gasteiger partial charge in [-0.2, -0.15) is 0 Å². The minimum atomic E-state index is -1.08. The SMILES string of the molecule is CN(C(=O)c1cccc2cc[nH]c12)C1(C(=O)O)CCCCC1. The van der Waals surface area contributed by atoms with Gasteiger partial charge in [-0.05, 0) is 25.0 Å². The second kappa shape index (κ2) is 5.48. The van der Waals surface area contributed by atoms with Crippen molar-refractivity contribution < 1.29 is 14.7 Å². The smallest absolute Gasteiger partial charge is 0.329 e. The van der Waals surface area contributed by atoms with E-state index in [1.54, 1.807) is 19.3 Å². The largest absolute Gasteiger partial charge is 0.479 e. The van der Waals surface area contributed by atoms with Crippen molar-refractivity contribution in [2.24, 2.45) is 0 Å². The van der Waals surface area contributed by atoms with Crippen molar-refractivity contribution in [1.29, 1.82) is 0 Å². The highest BCUT2D eigenvalue weighted by Crippen LogP contribution is 2.34. The van der Waals surface area contributed by atoms with Gasteiger partial charge in [-0.1, -0.05) is 31.4 Å². The minimum Gasteiger partial charge on any atom is -0.479 e. The van der Waals surface area contributed by atoms with Crippen LogP contribution in [0.15, 0.2) is 30.5 Å². The second-order valence-electron chi connectivity index (χ2n) is 6.01. The molecule has 2 N–H and O–H groups in total. The van der Waals surface area contributed by atoms with Crippen molar-refractivity contribution in [3.63, 3.8) is 0 Å². The fourth-order valence-corrected chi connectivity index (χ4v) is 3.47. The average Bonchev–Trinajstić information content (AvgIpc) is 3.02. The van der Waals surface area contributed by atoms with E-state index in [2.05, 4.69) is 4.98 Å². The zero-order valence-corrected chi connectivity index (χ0v) is 12.6. The number of benzene rings is 1. The number of hydrogen-bond acceptors (Lipinski definition) is 2. The Morgan fingerprint density at radius 2 is 1.91 bits per heavy atom. The number of carboxylic acids is 1. The molecular weight excluding hydrogens is 280 g/mol. The maximum atomic E-state index is 12.9. The summed E-state index contributed by atoms with van der Waals surface area (Å²) in [7, 11) is 1.61. The molecule has 0 radical (unpaired) electrons. The highest BCUT2D eigenvalue weighted by Gasteiger charge is 2.45. The first-order valence-electron chi connectivity index (χ1n) is 7.64. The van der Waals surface area contributed by atoms with Crippen LogP contribution in [0.25, 0.3) is 10.9 Å². The van der Waals surface area contributed by atoms with E-state index < -0.39 is 11.5 Å². The Kier molecular flexibility index (Phi) is 3.64. The predicted octanol–water partition coefficient (Wildman–Crippen LogP) is 3.03. The number of aromatic nitrogens is 1. The molecule has 22 heavy (non-hydrogen) atoms. The van der Waals surface area contributed by atoms with Crippen LogP contribution in [0.1, 0.15) is 42.5 Å². The first kappa shape index (κ1) is 14.6. The third-order valence-corrected chi connectivity index (χ3v) is 4.84. The lowest BCUT2D eigenvalue weighted by atomic mass is 9.80. The van der Waals surface area contributed by atoms with Crippen molar-refractivity contribution in [3.05, 3.63) is 36.0 Å². The predicted molar refractivity (Wildman–Crippen MR) is 83.8 cm³/mol. The first-order chi connectivity index (χ1) is 10.6. The molecule has 1 aliphatic carbocycles. The molecule has 3 rings (SSSR count). The van der Waals surface area contributed by atoms with Crippen LogP contribution in [0.2, 0.25) is 0 Å². The maximum absolute atomic E-state index is 12.9. The summed E-state index contributed by atoms with van der Waals surface area (Å²) in [6.07, 6.45) is 5.54. The van der Waals surface area contributed by atoms with Gasteiger partial charge in [0.15, 0.2) is 0 Å². The Morgan fingerprint density at radius 1 is 1.18 bits per heavy atom. The molecule has 0 aliphatic heterocycles. The van der Waals surface area contributed by atoms with Gasteiger partial charge in [-0.25, -0.2) is 4.79 Å². The zero-order valence-electron chi connectivity index (χ0n) is 12.6. The van der Waals surface area contributed by atoms with Crippen molar-refractivity contribution in [1.82, 2.24) is 9.88 Å². The van der Waals surface area contributed by atoms with E-state index in [1.807, 2.05) is 18.2 Å². The third kappa shape index (κ3) is 2.17. The Hall–Kier alpha value is -2.30. The molecule has 0 saturated heterocycles.